The van der Waals surface area contributed by atoms with Crippen LogP contribution in [-0.4, -0.2) is 61.5 Å². The van der Waals surface area contributed by atoms with Crippen molar-refractivity contribution in [2.45, 2.75) is 127 Å². The number of phenols is 2. The molecule has 77 heavy (non-hydrogen) atoms. The van der Waals surface area contributed by atoms with E-state index >= 15 is 0 Å². The van der Waals surface area contributed by atoms with Crippen LogP contribution in [-0.2, 0) is 49.1 Å². The summed E-state index contributed by atoms with van der Waals surface area (Å²) >= 11 is 0. The molecule has 3 aliphatic rings. The van der Waals surface area contributed by atoms with E-state index in [2.05, 4.69) is 77.5 Å². The largest absolute Gasteiger partial charge is 0.508 e. The topological polar surface area (TPSA) is 192 Å². The van der Waals surface area contributed by atoms with Crippen LogP contribution in [0.5, 0.6) is 17.2 Å². The lowest BCUT2D eigenvalue weighted by molar-refractivity contribution is -0.114. The number of aromatic amines is 1. The molecule has 0 radical (unpaired) electrons. The first-order valence-electron chi connectivity index (χ1n) is 27.3. The quantitative estimate of drug-likeness (QED) is 0.0350. The van der Waals surface area contributed by atoms with Crippen molar-refractivity contribution in [3.8, 4) is 29.1 Å². The molecule has 1 saturated carbocycles. The lowest BCUT2D eigenvalue weighted by Crippen LogP contribution is -2.22. The number of Topliss-reactive ketones (excluding diaryl/α,β-unsaturated/α-hetero) is 1. The number of hydrogen-bond donors (Lipinski definition) is 7. The summed E-state index contributed by atoms with van der Waals surface area (Å²) in [4.78, 5) is 31.3. The van der Waals surface area contributed by atoms with Gasteiger partial charge in [-0.25, -0.2) is 0 Å². The number of phenolic OH excluding ortho intramolecular Hbond substituents is 2. The number of nitrogens with two attached hydrogens (primary N) is 2. The molecule has 1 aromatic heterocycles. The molecule has 9 N–H and O–H groups in total. The number of nitrogens with one attached hydrogen (secondary N) is 1. The van der Waals surface area contributed by atoms with Gasteiger partial charge in [-0.3, -0.25) is 9.59 Å². The molecule has 0 amide bonds. The van der Waals surface area contributed by atoms with E-state index in [0.29, 0.717) is 72.5 Å². The molecule has 6 aromatic rings. The van der Waals surface area contributed by atoms with Gasteiger partial charge < -0.3 is 41.6 Å². The SMILES string of the molecule is CC(O)CC(CCc1cccc(CCc2ccccc2)c1)CCC12C=CC(=O)CCc3ccc(O)c(c3)OCCc3ccc(O)c(c3)C3CC(=O)c4cc[nH]c4CC#Cc4cc(C(N)N)c(cc43)CSSCC(C1)C(O)C2. The van der Waals surface area contributed by atoms with Gasteiger partial charge in [0.2, 0.25) is 0 Å². The van der Waals surface area contributed by atoms with Crippen molar-refractivity contribution in [2.24, 2.45) is 28.7 Å². The summed E-state index contributed by atoms with van der Waals surface area (Å²) in [5, 5.41) is 45.2. The number of benzene rings is 5. The lowest BCUT2D eigenvalue weighted by Gasteiger charge is -2.29. The Hall–Kier alpha value is -6.04. The van der Waals surface area contributed by atoms with Crippen molar-refractivity contribution in [1.29, 1.82) is 0 Å². The normalized spacial score (nSPS) is 20.9. The highest BCUT2D eigenvalue weighted by atomic mass is 33.1. The van der Waals surface area contributed by atoms with E-state index in [1.165, 1.54) is 16.7 Å². The summed E-state index contributed by atoms with van der Waals surface area (Å²) in [6.45, 7) is 2.08. The number of allylic oxidation sites excluding steroid dienone is 2. The number of aryl methyl sites for hydroxylation is 4. The highest BCUT2D eigenvalue weighted by Crippen LogP contribution is 2.50. The first-order valence-corrected chi connectivity index (χ1v) is 29.8. The third kappa shape index (κ3) is 14.8. The van der Waals surface area contributed by atoms with E-state index in [1.807, 2.05) is 37.3 Å². The molecule has 1 aliphatic heterocycles. The fourth-order valence-electron chi connectivity index (χ4n) is 11.8. The van der Waals surface area contributed by atoms with E-state index in [1.54, 1.807) is 58.1 Å². The number of fused-ring (bicyclic) bond motifs is 9. The first kappa shape index (κ1) is 55.7. The number of hydrogen-bond acceptors (Lipinski definition) is 11. The van der Waals surface area contributed by atoms with Crippen molar-refractivity contribution in [3.05, 3.63) is 194 Å². The molecule has 6 atom stereocenters. The molecule has 8 bridgehead atoms. The maximum Gasteiger partial charge on any atom is 0.165 e. The Balaban J connectivity index is 0.988. The van der Waals surface area contributed by atoms with Crippen LogP contribution in [0.4, 0.5) is 0 Å². The third-order valence-electron chi connectivity index (χ3n) is 16.0. The van der Waals surface area contributed by atoms with E-state index in [4.69, 9.17) is 16.2 Å². The number of ether oxygens (including phenoxy) is 1. The van der Waals surface area contributed by atoms with Gasteiger partial charge in [-0.15, -0.1) is 0 Å². The van der Waals surface area contributed by atoms with Gasteiger partial charge >= 0.3 is 0 Å². The monoisotopic (exact) mass is 1070 g/mol. The standard InChI is InChI=1S/C65H73N3O7S2/c1-42(69)31-47(16-15-45-10-5-9-44(32-45)14-13-43-7-3-2-4-8-43)23-27-65-28-24-52(70)20-17-46-19-22-60(72)63(34-46)75-30-26-48-18-21-59(71)57(33-48)56-37-61(73)53-25-29-68-58(53)12-6-11-49-35-55(64(66)67)50(36-54(49)56)40-76-77-41-51(38-65)62(74)39-65/h2-5,7-10,18-19,21-22,24-25,28-29,32-36,42,47,51,56,62,64,68-69,71-72,74H,12-17,20,23,26-27,30-31,37-41,66-67H2,1H3. The number of aliphatic hydroxyl groups is 2. The predicted octanol–water partition coefficient (Wildman–Crippen LogP) is 11.6. The van der Waals surface area contributed by atoms with Crippen molar-refractivity contribution < 1.29 is 34.8 Å². The number of aliphatic hydroxyl groups excluding tert-OH is 2. The average Bonchev–Trinajstić information content (AvgIpc) is 4.03. The van der Waals surface area contributed by atoms with Gasteiger partial charge in [-0.1, -0.05) is 118 Å². The second-order valence-corrected chi connectivity index (χ2v) is 24.3. The molecule has 10 nitrogen and oxygen atoms in total. The maximum atomic E-state index is 14.3. The zero-order valence-electron chi connectivity index (χ0n) is 44.1. The summed E-state index contributed by atoms with van der Waals surface area (Å²) in [5.74, 6) is 7.78. The van der Waals surface area contributed by atoms with Gasteiger partial charge in [0.1, 0.15) is 5.75 Å². The van der Waals surface area contributed by atoms with Crippen LogP contribution in [0.25, 0.3) is 0 Å². The van der Waals surface area contributed by atoms with Crippen LogP contribution >= 0.6 is 21.6 Å². The summed E-state index contributed by atoms with van der Waals surface area (Å²) in [6, 6.07) is 35.9. The van der Waals surface area contributed by atoms with Crippen LogP contribution in [0.3, 0.4) is 0 Å². The molecule has 12 heteroatoms. The van der Waals surface area contributed by atoms with Crippen LogP contribution in [0.1, 0.15) is 142 Å². The molecule has 6 unspecified atom stereocenters. The van der Waals surface area contributed by atoms with Crippen LogP contribution in [0, 0.1) is 29.1 Å². The Morgan fingerprint density at radius 3 is 2.38 bits per heavy atom. The number of carbonyl (C=O) groups is 2. The van der Waals surface area contributed by atoms with E-state index in [-0.39, 0.29) is 54.3 Å². The van der Waals surface area contributed by atoms with Crippen molar-refractivity contribution in [2.75, 3.05) is 12.4 Å². The average molecular weight is 1070 g/mol. The molecule has 402 valence electrons. The Labute approximate surface area is 461 Å². The molecule has 0 saturated heterocycles. The van der Waals surface area contributed by atoms with Gasteiger partial charge in [0, 0.05) is 65.3 Å². The zero-order chi connectivity index (χ0) is 53.9. The number of aromatic nitrogens is 1. The second-order valence-electron chi connectivity index (χ2n) is 21.8. The fourth-order valence-corrected chi connectivity index (χ4v) is 14.3. The second kappa shape index (κ2) is 26.1. The minimum Gasteiger partial charge on any atom is -0.508 e. The molecule has 5 aromatic carbocycles. The minimum absolute atomic E-state index is 0.00757. The summed E-state index contributed by atoms with van der Waals surface area (Å²) in [7, 11) is 3.36. The molecular formula is C65H73N3O7S2. The van der Waals surface area contributed by atoms with Crippen LogP contribution in [0.15, 0.2) is 128 Å². The maximum absolute atomic E-state index is 14.3. The molecule has 1 fully saturated rings. The number of carbonyl (C=O) groups excluding carboxylic acids is 2. The minimum atomic E-state index is -0.805. The van der Waals surface area contributed by atoms with Crippen LogP contribution < -0.4 is 16.2 Å². The smallest absolute Gasteiger partial charge is 0.165 e. The van der Waals surface area contributed by atoms with Crippen LogP contribution in [0.2, 0.25) is 0 Å². The number of rotatable bonds is 12. The highest BCUT2D eigenvalue weighted by Gasteiger charge is 2.43. The molecule has 2 aliphatic carbocycles. The van der Waals surface area contributed by atoms with Crippen molar-refractivity contribution in [3.63, 3.8) is 0 Å². The van der Waals surface area contributed by atoms with Gasteiger partial charge in [-0.2, -0.15) is 0 Å². The van der Waals surface area contributed by atoms with E-state index < -0.39 is 29.7 Å². The van der Waals surface area contributed by atoms with Crippen molar-refractivity contribution in [1.82, 2.24) is 4.98 Å². The molecular weight excluding hydrogens is 999 g/mol. The predicted molar refractivity (Wildman–Crippen MR) is 310 cm³/mol. The van der Waals surface area contributed by atoms with Gasteiger partial charge in [0.05, 0.1) is 31.4 Å². The zero-order valence-corrected chi connectivity index (χ0v) is 45.7. The van der Waals surface area contributed by atoms with E-state index in [9.17, 15) is 30.0 Å². The number of aromatic hydroxyl groups is 2. The van der Waals surface area contributed by atoms with E-state index in [0.717, 1.165) is 72.0 Å². The highest BCUT2D eigenvalue weighted by molar-refractivity contribution is 8.76. The van der Waals surface area contributed by atoms with Crippen molar-refractivity contribution >= 4 is 33.2 Å². The first-order chi connectivity index (χ1) is 37.3. The Kier molecular flexibility index (Phi) is 18.9. The van der Waals surface area contributed by atoms with Gasteiger partial charge in [0.15, 0.2) is 23.1 Å². The van der Waals surface area contributed by atoms with Gasteiger partial charge in [-0.05, 0) is 169 Å². The molecule has 2 heterocycles. The number of ketones is 2. The summed E-state index contributed by atoms with van der Waals surface area (Å²) in [5.41, 5.74) is 23.3. The molecule has 9 rings (SSSR count). The Bertz CT molecular complexity index is 3100. The van der Waals surface area contributed by atoms with Gasteiger partial charge in [0.25, 0.3) is 0 Å². The Morgan fingerprint density at radius 2 is 1.57 bits per heavy atom. The lowest BCUT2D eigenvalue weighted by atomic mass is 9.76. The fraction of sp³-hybridized carbons (Fsp3) is 0.385. The summed E-state index contributed by atoms with van der Waals surface area (Å²) in [6.07, 6.45) is 12.6. The molecule has 0 spiro atoms. The third-order valence-corrected chi connectivity index (χ3v) is 18.4. The number of H-pyrrole nitrogens is 1. The Morgan fingerprint density at radius 1 is 0.805 bits per heavy atom. The summed E-state index contributed by atoms with van der Waals surface area (Å²) < 4.78 is 6.19.